The van der Waals surface area contributed by atoms with E-state index < -0.39 is 0 Å². The van der Waals surface area contributed by atoms with Gasteiger partial charge in [0, 0.05) is 18.7 Å². The van der Waals surface area contributed by atoms with E-state index in [-0.39, 0.29) is 6.10 Å². The molecule has 1 aromatic carbocycles. The second-order valence-electron chi connectivity index (χ2n) is 7.37. The molecule has 1 fully saturated rings. The van der Waals surface area contributed by atoms with Crippen LogP contribution in [0, 0.1) is 6.92 Å². The third-order valence-electron chi connectivity index (χ3n) is 5.25. The molecule has 0 N–H and O–H groups in total. The molecule has 0 aliphatic carbocycles. The number of aryl methyl sites for hydroxylation is 1. The normalized spacial score (nSPS) is 16.5. The van der Waals surface area contributed by atoms with Gasteiger partial charge < -0.3 is 18.6 Å². The van der Waals surface area contributed by atoms with Crippen LogP contribution in [0.2, 0.25) is 0 Å². The molecule has 0 unspecified atom stereocenters. The average molecular weight is 390 g/mol. The predicted molar refractivity (Wildman–Crippen MR) is 109 cm³/mol. The lowest BCUT2D eigenvalue weighted by Crippen LogP contribution is -2.32. The van der Waals surface area contributed by atoms with E-state index in [4.69, 9.17) is 13.7 Å². The van der Waals surface area contributed by atoms with Crippen molar-refractivity contribution in [3.05, 3.63) is 60.3 Å². The van der Waals surface area contributed by atoms with E-state index in [1.54, 1.807) is 6.26 Å². The number of benzene rings is 1. The molecule has 1 atom stereocenters. The van der Waals surface area contributed by atoms with Crippen LogP contribution < -0.4 is 4.90 Å². The van der Waals surface area contributed by atoms with Crippen LogP contribution in [0.4, 0.5) is 5.82 Å². The van der Waals surface area contributed by atoms with Crippen molar-refractivity contribution in [2.45, 2.75) is 32.4 Å². The molecule has 7 nitrogen and oxygen atoms in total. The number of hydrogen-bond donors (Lipinski definition) is 0. The minimum Gasteiger partial charge on any atom is -0.467 e. The van der Waals surface area contributed by atoms with E-state index in [2.05, 4.69) is 39.1 Å². The highest BCUT2D eigenvalue weighted by Gasteiger charge is 2.25. The van der Waals surface area contributed by atoms with Crippen LogP contribution in [0.25, 0.3) is 22.4 Å². The molecular weight excluding hydrogens is 368 g/mol. The fourth-order valence-corrected chi connectivity index (χ4v) is 3.77. The van der Waals surface area contributed by atoms with Crippen molar-refractivity contribution in [1.29, 1.82) is 0 Å². The molecule has 0 amide bonds. The summed E-state index contributed by atoms with van der Waals surface area (Å²) in [5.74, 6) is 1.64. The average Bonchev–Trinajstić information content (AvgIpc) is 3.50. The smallest absolute Gasteiger partial charge is 0.263 e. The maximum Gasteiger partial charge on any atom is 0.263 e. The Labute approximate surface area is 168 Å². The molecule has 4 heterocycles. The van der Waals surface area contributed by atoms with E-state index in [9.17, 15) is 0 Å². The minimum atomic E-state index is 0.165. The van der Waals surface area contributed by atoms with Crippen molar-refractivity contribution in [1.82, 2.24) is 15.1 Å². The summed E-state index contributed by atoms with van der Waals surface area (Å²) in [6.07, 6.45) is 5.49. The zero-order valence-corrected chi connectivity index (χ0v) is 16.2. The summed E-state index contributed by atoms with van der Waals surface area (Å²) in [7, 11) is 0. The van der Waals surface area contributed by atoms with Crippen LogP contribution in [-0.4, -0.2) is 34.4 Å². The zero-order chi connectivity index (χ0) is 19.6. The highest BCUT2D eigenvalue weighted by atomic mass is 16.5. The molecule has 1 saturated heterocycles. The molecule has 0 saturated carbocycles. The first kappa shape index (κ1) is 17.9. The van der Waals surface area contributed by atoms with Gasteiger partial charge in [-0.15, -0.1) is 0 Å². The second kappa shape index (κ2) is 7.67. The molecule has 29 heavy (non-hydrogen) atoms. The Morgan fingerprint density at radius 3 is 2.79 bits per heavy atom. The summed E-state index contributed by atoms with van der Waals surface area (Å²) < 4.78 is 17.0. The number of nitrogens with zero attached hydrogens (tertiary/aromatic N) is 4. The number of hydrogen-bond acceptors (Lipinski definition) is 7. The Morgan fingerprint density at radius 1 is 1.14 bits per heavy atom. The maximum absolute atomic E-state index is 5.89. The van der Waals surface area contributed by atoms with Gasteiger partial charge in [0.15, 0.2) is 0 Å². The zero-order valence-electron chi connectivity index (χ0n) is 16.2. The predicted octanol–water partition coefficient (Wildman–Crippen LogP) is 4.37. The van der Waals surface area contributed by atoms with Crippen LogP contribution in [-0.2, 0) is 11.3 Å². The van der Waals surface area contributed by atoms with Crippen molar-refractivity contribution in [2.24, 2.45) is 0 Å². The lowest BCUT2D eigenvalue weighted by Gasteiger charge is -2.26. The molecule has 0 spiro atoms. The van der Waals surface area contributed by atoms with Gasteiger partial charge in [0.1, 0.15) is 29.0 Å². The first-order valence-corrected chi connectivity index (χ1v) is 9.84. The minimum absolute atomic E-state index is 0.165. The van der Waals surface area contributed by atoms with E-state index >= 15 is 0 Å². The Morgan fingerprint density at radius 2 is 2.03 bits per heavy atom. The molecule has 7 heteroatoms. The molecule has 1 aliphatic heterocycles. The van der Waals surface area contributed by atoms with E-state index in [0.29, 0.717) is 18.8 Å². The number of rotatable bonds is 6. The van der Waals surface area contributed by atoms with Gasteiger partial charge in [-0.2, -0.15) is 4.98 Å². The van der Waals surface area contributed by atoms with Gasteiger partial charge in [0.25, 0.3) is 5.71 Å². The highest BCUT2D eigenvalue weighted by Crippen LogP contribution is 2.34. The van der Waals surface area contributed by atoms with Crippen LogP contribution in [0.5, 0.6) is 0 Å². The Hall–Kier alpha value is -3.19. The molecule has 0 radical (unpaired) electrons. The van der Waals surface area contributed by atoms with E-state index in [0.717, 1.165) is 47.7 Å². The molecule has 148 valence electrons. The standard InChI is InChI=1S/C22H22N4O3/c1-15-6-8-16(9-7-15)20-19-21(23-14-24-22(19)29-25-20)26(12-17-4-2-10-27-17)13-18-5-3-11-28-18/h2,4,6-10,14,18H,3,5,11-13H2,1H3/t18-/m0/s1. The van der Waals surface area contributed by atoms with Gasteiger partial charge in [-0.3, -0.25) is 0 Å². The molecule has 3 aromatic heterocycles. The fourth-order valence-electron chi connectivity index (χ4n) is 3.77. The summed E-state index contributed by atoms with van der Waals surface area (Å²) in [4.78, 5) is 11.1. The van der Waals surface area contributed by atoms with Crippen molar-refractivity contribution >= 4 is 16.9 Å². The number of fused-ring (bicyclic) bond motifs is 1. The van der Waals surface area contributed by atoms with Gasteiger partial charge in [-0.05, 0) is 31.9 Å². The molecule has 5 rings (SSSR count). The summed E-state index contributed by atoms with van der Waals surface area (Å²) in [6.45, 7) is 4.16. The van der Waals surface area contributed by atoms with E-state index in [1.807, 2.05) is 24.3 Å². The number of ether oxygens (including phenoxy) is 1. The molecule has 1 aliphatic rings. The SMILES string of the molecule is Cc1ccc(-c2noc3ncnc(N(Cc4ccco4)C[C@@H]4CCCO4)c23)cc1. The second-order valence-corrected chi connectivity index (χ2v) is 7.37. The largest absolute Gasteiger partial charge is 0.467 e. The number of anilines is 1. The number of aromatic nitrogens is 3. The van der Waals surface area contributed by atoms with Crippen molar-refractivity contribution in [3.63, 3.8) is 0 Å². The fraction of sp³-hybridized carbons (Fsp3) is 0.318. The quantitative estimate of drug-likeness (QED) is 0.484. The topological polar surface area (TPSA) is 77.4 Å². The Bertz CT molecular complexity index is 1080. The first-order valence-electron chi connectivity index (χ1n) is 9.84. The summed E-state index contributed by atoms with van der Waals surface area (Å²) >= 11 is 0. The number of furan rings is 1. The lowest BCUT2D eigenvalue weighted by atomic mass is 10.1. The van der Waals surface area contributed by atoms with Crippen molar-refractivity contribution in [3.8, 4) is 11.3 Å². The highest BCUT2D eigenvalue weighted by molar-refractivity contribution is 5.97. The Balaban J connectivity index is 1.59. The van der Waals surface area contributed by atoms with Gasteiger partial charge in [-0.1, -0.05) is 35.0 Å². The van der Waals surface area contributed by atoms with Gasteiger partial charge >= 0.3 is 0 Å². The van der Waals surface area contributed by atoms with Gasteiger partial charge in [0.05, 0.1) is 18.9 Å². The molecular formula is C22H22N4O3. The third-order valence-corrected chi connectivity index (χ3v) is 5.25. The summed E-state index contributed by atoms with van der Waals surface area (Å²) in [5.41, 5.74) is 3.38. The van der Waals surface area contributed by atoms with Gasteiger partial charge in [-0.25, -0.2) is 4.98 Å². The van der Waals surface area contributed by atoms with Crippen LogP contribution in [0.1, 0.15) is 24.2 Å². The monoisotopic (exact) mass is 390 g/mol. The molecule has 4 aromatic rings. The lowest BCUT2D eigenvalue weighted by molar-refractivity contribution is 0.115. The molecule has 0 bridgehead atoms. The van der Waals surface area contributed by atoms with Crippen molar-refractivity contribution < 1.29 is 13.7 Å². The first-order chi connectivity index (χ1) is 14.3. The van der Waals surface area contributed by atoms with Crippen molar-refractivity contribution in [2.75, 3.05) is 18.1 Å². The third kappa shape index (κ3) is 3.61. The summed E-state index contributed by atoms with van der Waals surface area (Å²) in [5, 5.41) is 5.11. The van der Waals surface area contributed by atoms with Crippen LogP contribution in [0.3, 0.4) is 0 Å². The summed E-state index contributed by atoms with van der Waals surface area (Å²) in [6, 6.07) is 12.1. The van der Waals surface area contributed by atoms with Gasteiger partial charge in [0.2, 0.25) is 0 Å². The maximum atomic E-state index is 5.89. The Kier molecular flexibility index (Phi) is 4.73. The van der Waals surface area contributed by atoms with Crippen LogP contribution >= 0.6 is 0 Å². The van der Waals surface area contributed by atoms with Crippen LogP contribution in [0.15, 0.2) is 57.9 Å². The van der Waals surface area contributed by atoms with E-state index in [1.165, 1.54) is 11.9 Å².